The van der Waals surface area contributed by atoms with E-state index in [1.54, 1.807) is 0 Å². The number of alkyl halides is 3. The van der Waals surface area contributed by atoms with E-state index in [1.165, 1.54) is 6.07 Å². The van der Waals surface area contributed by atoms with Crippen LogP contribution >= 0.6 is 0 Å². The van der Waals surface area contributed by atoms with Crippen molar-refractivity contribution >= 4 is 11.7 Å². The number of hydrogen-bond acceptors (Lipinski definition) is 5. The minimum atomic E-state index is -4.40. The lowest BCUT2D eigenvalue weighted by atomic mass is 9.96. The van der Waals surface area contributed by atoms with E-state index in [-0.39, 0.29) is 17.9 Å². The molecule has 6 nitrogen and oxygen atoms in total. The van der Waals surface area contributed by atoms with E-state index in [9.17, 15) is 18.0 Å². The maximum atomic E-state index is 13.2. The van der Waals surface area contributed by atoms with Crippen LogP contribution in [0.2, 0.25) is 0 Å². The molecular formula is C20H21F3N4O2. The summed E-state index contributed by atoms with van der Waals surface area (Å²) >= 11 is 0. The third kappa shape index (κ3) is 3.16. The molecule has 1 amide bonds. The summed E-state index contributed by atoms with van der Waals surface area (Å²) in [5, 5.41) is 4.07. The Morgan fingerprint density at radius 2 is 2.00 bits per heavy atom. The van der Waals surface area contributed by atoms with Crippen molar-refractivity contribution in [3.8, 4) is 0 Å². The molecule has 154 valence electrons. The fourth-order valence-electron chi connectivity index (χ4n) is 4.83. The van der Waals surface area contributed by atoms with Gasteiger partial charge in [-0.1, -0.05) is 5.16 Å². The van der Waals surface area contributed by atoms with Crippen LogP contribution in [0.3, 0.4) is 0 Å². The summed E-state index contributed by atoms with van der Waals surface area (Å²) in [7, 11) is 0. The normalized spacial score (nSPS) is 24.0. The van der Waals surface area contributed by atoms with Gasteiger partial charge in [-0.2, -0.15) is 13.2 Å². The van der Waals surface area contributed by atoms with E-state index in [2.05, 4.69) is 10.1 Å². The first-order chi connectivity index (χ1) is 13.9. The van der Waals surface area contributed by atoms with Crippen LogP contribution in [-0.2, 0) is 19.0 Å². The molecule has 2 aromatic heterocycles. The molecule has 2 saturated heterocycles. The summed E-state index contributed by atoms with van der Waals surface area (Å²) in [5.74, 6) is 1.54. The molecule has 1 aliphatic carbocycles. The van der Waals surface area contributed by atoms with Gasteiger partial charge in [0.1, 0.15) is 11.6 Å². The molecule has 2 atom stereocenters. The second kappa shape index (κ2) is 6.74. The minimum Gasteiger partial charge on any atom is -0.360 e. The molecule has 2 aliphatic heterocycles. The number of rotatable bonds is 2. The minimum absolute atomic E-state index is 0.0162. The first-order valence-electron chi connectivity index (χ1n) is 9.98. The molecule has 0 bridgehead atoms. The molecular weight excluding hydrogens is 385 g/mol. The Hall–Kier alpha value is -2.58. The van der Waals surface area contributed by atoms with E-state index < -0.39 is 11.7 Å². The number of hydrogen-bond donors (Lipinski definition) is 0. The van der Waals surface area contributed by atoms with E-state index in [0.29, 0.717) is 31.1 Å². The number of carbonyl (C=O) groups is 1. The van der Waals surface area contributed by atoms with Gasteiger partial charge < -0.3 is 14.3 Å². The summed E-state index contributed by atoms with van der Waals surface area (Å²) in [6, 6.07) is 2.48. The van der Waals surface area contributed by atoms with Crippen LogP contribution in [0.1, 0.15) is 46.6 Å². The number of likely N-dealkylation sites (tertiary alicyclic amines) is 1. The van der Waals surface area contributed by atoms with Crippen molar-refractivity contribution in [2.45, 2.75) is 44.3 Å². The molecule has 2 fully saturated rings. The molecule has 4 heterocycles. The number of pyridine rings is 1. The maximum Gasteiger partial charge on any atom is 0.417 e. The molecule has 3 aliphatic rings. The predicted octanol–water partition coefficient (Wildman–Crippen LogP) is 3.32. The van der Waals surface area contributed by atoms with Gasteiger partial charge >= 0.3 is 6.18 Å². The molecule has 5 rings (SSSR count). The molecule has 0 N–H and O–H groups in total. The van der Waals surface area contributed by atoms with Crippen molar-refractivity contribution in [1.29, 1.82) is 0 Å². The predicted molar refractivity (Wildman–Crippen MR) is 97.5 cm³/mol. The van der Waals surface area contributed by atoms with Gasteiger partial charge in [0.05, 0.1) is 11.6 Å². The topological polar surface area (TPSA) is 62.5 Å². The number of fused-ring (bicyclic) bond motifs is 2. The zero-order chi connectivity index (χ0) is 20.2. The first-order valence-corrected chi connectivity index (χ1v) is 9.98. The van der Waals surface area contributed by atoms with Gasteiger partial charge in [-0.05, 0) is 37.8 Å². The van der Waals surface area contributed by atoms with E-state index in [4.69, 9.17) is 4.52 Å². The van der Waals surface area contributed by atoms with Crippen LogP contribution < -0.4 is 4.90 Å². The second-order valence-corrected chi connectivity index (χ2v) is 8.06. The quantitative estimate of drug-likeness (QED) is 0.766. The highest BCUT2D eigenvalue weighted by molar-refractivity contribution is 5.94. The summed E-state index contributed by atoms with van der Waals surface area (Å²) in [6.07, 6.45) is 1.08. The third-order valence-corrected chi connectivity index (χ3v) is 6.36. The van der Waals surface area contributed by atoms with Crippen molar-refractivity contribution in [1.82, 2.24) is 15.0 Å². The Balaban J connectivity index is 1.32. The molecule has 0 aromatic carbocycles. The number of amides is 1. The van der Waals surface area contributed by atoms with Gasteiger partial charge in [-0.15, -0.1) is 0 Å². The number of anilines is 1. The van der Waals surface area contributed by atoms with Gasteiger partial charge in [0, 0.05) is 43.7 Å². The van der Waals surface area contributed by atoms with Crippen molar-refractivity contribution in [2.24, 2.45) is 5.92 Å². The fourth-order valence-corrected chi connectivity index (χ4v) is 4.83. The van der Waals surface area contributed by atoms with E-state index >= 15 is 0 Å². The summed E-state index contributed by atoms with van der Waals surface area (Å²) in [4.78, 5) is 21.0. The molecule has 0 radical (unpaired) electrons. The Labute approximate surface area is 165 Å². The number of halogens is 3. The first kappa shape index (κ1) is 18.4. The summed E-state index contributed by atoms with van der Waals surface area (Å²) in [5.41, 5.74) is 0.628. The SMILES string of the molecule is O=C(c1noc2c1CCCC2)N1CCC2CN(c3ccc(C(F)(F)F)cn3)CC21. The zero-order valence-corrected chi connectivity index (χ0v) is 15.8. The van der Waals surface area contributed by atoms with E-state index in [0.717, 1.165) is 55.7 Å². The number of aromatic nitrogens is 2. The number of nitrogens with zero attached hydrogens (tertiary/aromatic N) is 4. The van der Waals surface area contributed by atoms with Crippen LogP contribution in [0, 0.1) is 5.92 Å². The average Bonchev–Trinajstić information content (AvgIpc) is 3.40. The third-order valence-electron chi connectivity index (χ3n) is 6.36. The molecule has 2 aromatic rings. The van der Waals surface area contributed by atoms with Gasteiger partial charge in [-0.3, -0.25) is 4.79 Å². The lowest BCUT2D eigenvalue weighted by Gasteiger charge is -2.25. The van der Waals surface area contributed by atoms with Crippen LogP contribution in [-0.4, -0.2) is 46.6 Å². The fraction of sp³-hybridized carbons (Fsp3) is 0.550. The van der Waals surface area contributed by atoms with Crippen LogP contribution in [0.25, 0.3) is 0 Å². The molecule has 0 saturated carbocycles. The lowest BCUT2D eigenvalue weighted by molar-refractivity contribution is -0.137. The Morgan fingerprint density at radius 1 is 1.17 bits per heavy atom. The van der Waals surface area contributed by atoms with Crippen molar-refractivity contribution < 1.29 is 22.5 Å². The largest absolute Gasteiger partial charge is 0.417 e. The Kier molecular flexibility index (Phi) is 4.29. The Morgan fingerprint density at radius 3 is 2.76 bits per heavy atom. The van der Waals surface area contributed by atoms with Crippen LogP contribution in [0.4, 0.5) is 19.0 Å². The standard InChI is InChI=1S/C20H21F3N4O2/c21-20(22,23)13-5-6-17(24-9-13)26-10-12-7-8-27(15(12)11-26)19(28)18-14-3-1-2-4-16(14)29-25-18/h5-6,9,12,15H,1-4,7-8,10-11H2. The maximum absolute atomic E-state index is 13.2. The summed E-state index contributed by atoms with van der Waals surface area (Å²) < 4.78 is 43.7. The van der Waals surface area contributed by atoms with Crippen LogP contribution in [0.15, 0.2) is 22.9 Å². The number of aryl methyl sites for hydroxylation is 1. The highest BCUT2D eigenvalue weighted by Gasteiger charge is 2.45. The van der Waals surface area contributed by atoms with Crippen molar-refractivity contribution in [3.05, 3.63) is 40.9 Å². The second-order valence-electron chi connectivity index (χ2n) is 8.06. The molecule has 9 heteroatoms. The van der Waals surface area contributed by atoms with Crippen molar-refractivity contribution in [3.63, 3.8) is 0 Å². The highest BCUT2D eigenvalue weighted by atomic mass is 19.4. The summed E-state index contributed by atoms with van der Waals surface area (Å²) in [6.45, 7) is 1.92. The average molecular weight is 406 g/mol. The number of carbonyl (C=O) groups excluding carboxylic acids is 1. The van der Waals surface area contributed by atoms with Gasteiger partial charge in [0.15, 0.2) is 5.69 Å². The van der Waals surface area contributed by atoms with Gasteiger partial charge in [-0.25, -0.2) is 4.98 Å². The van der Waals surface area contributed by atoms with E-state index in [1.807, 2.05) is 9.80 Å². The van der Waals surface area contributed by atoms with Crippen LogP contribution in [0.5, 0.6) is 0 Å². The monoisotopic (exact) mass is 406 g/mol. The molecule has 2 unspecified atom stereocenters. The van der Waals surface area contributed by atoms with Crippen molar-refractivity contribution in [2.75, 3.05) is 24.5 Å². The molecule has 0 spiro atoms. The smallest absolute Gasteiger partial charge is 0.360 e. The molecule has 29 heavy (non-hydrogen) atoms. The van der Waals surface area contributed by atoms with Gasteiger partial charge in [0.2, 0.25) is 0 Å². The lowest BCUT2D eigenvalue weighted by Crippen LogP contribution is -2.40. The highest BCUT2D eigenvalue weighted by Crippen LogP contribution is 2.36. The zero-order valence-electron chi connectivity index (χ0n) is 15.8. The van der Waals surface area contributed by atoms with Gasteiger partial charge in [0.25, 0.3) is 5.91 Å². The Bertz CT molecular complexity index is 925.